The van der Waals surface area contributed by atoms with Crippen molar-refractivity contribution in [3.05, 3.63) is 95.7 Å². The lowest BCUT2D eigenvalue weighted by Gasteiger charge is -2.12. The molecule has 0 aliphatic heterocycles. The van der Waals surface area contributed by atoms with Gasteiger partial charge in [0, 0.05) is 24.2 Å². The van der Waals surface area contributed by atoms with Gasteiger partial charge in [0.2, 0.25) is 0 Å². The van der Waals surface area contributed by atoms with Crippen LogP contribution in [0.4, 0.5) is 19.0 Å². The Hall–Kier alpha value is -4.80. The van der Waals surface area contributed by atoms with Crippen LogP contribution < -0.4 is 19.5 Å². The summed E-state index contributed by atoms with van der Waals surface area (Å²) >= 11 is 0. The normalized spacial score (nSPS) is 11.1. The highest BCUT2D eigenvalue weighted by Gasteiger charge is 2.24. The predicted molar refractivity (Wildman–Crippen MR) is 139 cm³/mol. The number of halogens is 3. The summed E-state index contributed by atoms with van der Waals surface area (Å²) in [7, 11) is 3.08. The van der Waals surface area contributed by atoms with Crippen LogP contribution in [0.2, 0.25) is 0 Å². The standard InChI is InChI=1S/C28H24F3N5O3/c1-37-20-10-8-18(22(13-20)38-2)14-32-27-24-25(26(30)31)35-36(28(24)34-16-33-27)19-9-11-21(29)23(12-19)39-15-17-6-4-3-5-7-17/h3-13,16,26H,14-15H2,1-2H3,(H,32,33,34). The number of alkyl halides is 2. The maximum Gasteiger partial charge on any atom is 0.282 e. The Bertz CT molecular complexity index is 1590. The van der Waals surface area contributed by atoms with E-state index in [1.807, 2.05) is 30.3 Å². The highest BCUT2D eigenvalue weighted by molar-refractivity contribution is 5.90. The first kappa shape index (κ1) is 25.8. The minimum atomic E-state index is -2.91. The van der Waals surface area contributed by atoms with Crippen molar-refractivity contribution < 1.29 is 27.4 Å². The van der Waals surface area contributed by atoms with Crippen molar-refractivity contribution in [3.63, 3.8) is 0 Å². The van der Waals surface area contributed by atoms with Crippen molar-refractivity contribution in [2.75, 3.05) is 19.5 Å². The van der Waals surface area contributed by atoms with Gasteiger partial charge in [0.15, 0.2) is 17.2 Å². The van der Waals surface area contributed by atoms with Gasteiger partial charge in [0.25, 0.3) is 6.43 Å². The Kier molecular flexibility index (Phi) is 7.48. The fraction of sp³-hybridized carbons (Fsp3) is 0.179. The van der Waals surface area contributed by atoms with Crippen molar-refractivity contribution in [2.45, 2.75) is 19.6 Å². The molecule has 0 aliphatic rings. The Morgan fingerprint density at radius 3 is 2.49 bits per heavy atom. The lowest BCUT2D eigenvalue weighted by atomic mass is 10.2. The van der Waals surface area contributed by atoms with Gasteiger partial charge in [0.05, 0.1) is 25.3 Å². The van der Waals surface area contributed by atoms with Crippen LogP contribution in [0.15, 0.2) is 73.1 Å². The minimum Gasteiger partial charge on any atom is -0.497 e. The third-order valence-electron chi connectivity index (χ3n) is 6.04. The Labute approximate surface area is 222 Å². The molecule has 0 saturated heterocycles. The SMILES string of the molecule is COc1ccc(CNc2ncnc3c2c(C(F)F)nn3-c2ccc(F)c(OCc3ccccc3)c2)c(OC)c1. The van der Waals surface area contributed by atoms with Crippen LogP contribution in [-0.4, -0.2) is 34.0 Å². The second-order valence-electron chi connectivity index (χ2n) is 8.44. The molecule has 0 fully saturated rings. The van der Waals surface area contributed by atoms with E-state index in [-0.39, 0.29) is 35.8 Å². The van der Waals surface area contributed by atoms with E-state index in [1.54, 1.807) is 25.3 Å². The first-order valence-electron chi connectivity index (χ1n) is 11.9. The van der Waals surface area contributed by atoms with Gasteiger partial charge in [-0.3, -0.25) is 0 Å². The van der Waals surface area contributed by atoms with Crippen LogP contribution in [0.1, 0.15) is 23.2 Å². The van der Waals surface area contributed by atoms with E-state index in [2.05, 4.69) is 20.4 Å². The first-order chi connectivity index (χ1) is 19.0. The molecular weight excluding hydrogens is 511 g/mol. The summed E-state index contributed by atoms with van der Waals surface area (Å²) in [6, 6.07) is 18.6. The van der Waals surface area contributed by atoms with E-state index in [9.17, 15) is 13.2 Å². The number of rotatable bonds is 10. The zero-order valence-corrected chi connectivity index (χ0v) is 21.1. The summed E-state index contributed by atoms with van der Waals surface area (Å²) in [4.78, 5) is 8.42. The molecule has 0 amide bonds. The molecule has 1 N–H and O–H groups in total. The summed E-state index contributed by atoms with van der Waals surface area (Å²) < 4.78 is 60.4. The summed E-state index contributed by atoms with van der Waals surface area (Å²) in [6.45, 7) is 0.357. The van der Waals surface area contributed by atoms with Gasteiger partial charge in [-0.15, -0.1) is 0 Å². The predicted octanol–water partition coefficient (Wildman–Crippen LogP) is 6.10. The average molecular weight is 536 g/mol. The molecule has 0 saturated carbocycles. The molecule has 0 spiro atoms. The van der Waals surface area contributed by atoms with Crippen molar-refractivity contribution >= 4 is 16.9 Å². The van der Waals surface area contributed by atoms with Crippen molar-refractivity contribution in [1.82, 2.24) is 19.7 Å². The first-order valence-corrected chi connectivity index (χ1v) is 11.9. The van der Waals surface area contributed by atoms with Gasteiger partial charge in [-0.2, -0.15) is 5.10 Å². The van der Waals surface area contributed by atoms with Crippen LogP contribution in [0, 0.1) is 5.82 Å². The van der Waals surface area contributed by atoms with E-state index in [4.69, 9.17) is 14.2 Å². The smallest absolute Gasteiger partial charge is 0.282 e. The molecule has 0 atom stereocenters. The zero-order chi connectivity index (χ0) is 27.4. The fourth-order valence-corrected chi connectivity index (χ4v) is 4.09. The number of benzene rings is 3. The monoisotopic (exact) mass is 535 g/mol. The van der Waals surface area contributed by atoms with Gasteiger partial charge in [0.1, 0.15) is 35.9 Å². The second-order valence-corrected chi connectivity index (χ2v) is 8.44. The molecule has 5 rings (SSSR count). The van der Waals surface area contributed by atoms with Crippen molar-refractivity contribution in [1.29, 1.82) is 0 Å². The summed E-state index contributed by atoms with van der Waals surface area (Å²) in [5, 5.41) is 7.27. The molecule has 0 unspecified atom stereocenters. The number of aromatic nitrogens is 4. The van der Waals surface area contributed by atoms with Crippen LogP contribution in [-0.2, 0) is 13.2 Å². The highest BCUT2D eigenvalue weighted by atomic mass is 19.3. The molecule has 3 aromatic carbocycles. The molecule has 39 heavy (non-hydrogen) atoms. The van der Waals surface area contributed by atoms with E-state index in [1.165, 1.54) is 36.3 Å². The Morgan fingerprint density at radius 1 is 0.923 bits per heavy atom. The second kappa shape index (κ2) is 11.3. The molecule has 2 aromatic heterocycles. The molecule has 5 aromatic rings. The summed E-state index contributed by atoms with van der Waals surface area (Å²) in [5.41, 5.74) is 1.53. The molecule has 0 radical (unpaired) electrons. The van der Waals surface area contributed by atoms with E-state index in [0.717, 1.165) is 11.1 Å². The van der Waals surface area contributed by atoms with Crippen molar-refractivity contribution in [2.24, 2.45) is 0 Å². The molecule has 2 heterocycles. The maximum absolute atomic E-state index is 14.5. The number of ether oxygens (including phenoxy) is 3. The molecule has 0 aliphatic carbocycles. The van der Waals surface area contributed by atoms with Gasteiger partial charge >= 0.3 is 0 Å². The lowest BCUT2D eigenvalue weighted by molar-refractivity contribution is 0.147. The number of hydrogen-bond donors (Lipinski definition) is 1. The molecular formula is C28H24F3N5O3. The van der Waals surface area contributed by atoms with Crippen molar-refractivity contribution in [3.8, 4) is 22.9 Å². The van der Waals surface area contributed by atoms with Gasteiger partial charge < -0.3 is 19.5 Å². The largest absolute Gasteiger partial charge is 0.497 e. The highest BCUT2D eigenvalue weighted by Crippen LogP contribution is 2.34. The summed E-state index contributed by atoms with van der Waals surface area (Å²) in [6.07, 6.45) is -1.66. The number of methoxy groups -OCH3 is 2. The topological polar surface area (TPSA) is 83.3 Å². The third kappa shape index (κ3) is 5.42. The molecule has 11 heteroatoms. The van der Waals surface area contributed by atoms with Gasteiger partial charge in [-0.25, -0.2) is 27.8 Å². The van der Waals surface area contributed by atoms with Crippen LogP contribution >= 0.6 is 0 Å². The minimum absolute atomic E-state index is 0.0439. The van der Waals surface area contributed by atoms with Crippen LogP contribution in [0.25, 0.3) is 16.7 Å². The molecule has 8 nitrogen and oxygen atoms in total. The third-order valence-corrected chi connectivity index (χ3v) is 6.04. The average Bonchev–Trinajstić information content (AvgIpc) is 3.37. The fourth-order valence-electron chi connectivity index (χ4n) is 4.09. The van der Waals surface area contributed by atoms with E-state index in [0.29, 0.717) is 17.2 Å². The Balaban J connectivity index is 1.49. The van der Waals surface area contributed by atoms with E-state index < -0.39 is 17.9 Å². The quantitative estimate of drug-likeness (QED) is 0.231. The number of nitrogens with one attached hydrogen (secondary N) is 1. The van der Waals surface area contributed by atoms with Gasteiger partial charge in [-0.05, 0) is 29.8 Å². The zero-order valence-electron chi connectivity index (χ0n) is 21.1. The van der Waals surface area contributed by atoms with Crippen LogP contribution in [0.3, 0.4) is 0 Å². The number of hydrogen-bond acceptors (Lipinski definition) is 7. The number of nitrogens with zero attached hydrogens (tertiary/aromatic N) is 4. The molecule has 0 bridgehead atoms. The number of fused-ring (bicyclic) bond motifs is 1. The number of anilines is 1. The molecule has 200 valence electrons. The summed E-state index contributed by atoms with van der Waals surface area (Å²) in [5.74, 6) is 0.712. The lowest BCUT2D eigenvalue weighted by Crippen LogP contribution is -2.05. The maximum atomic E-state index is 14.5. The Morgan fingerprint density at radius 2 is 1.74 bits per heavy atom. The van der Waals surface area contributed by atoms with E-state index >= 15 is 0 Å². The van der Waals surface area contributed by atoms with Crippen LogP contribution in [0.5, 0.6) is 17.2 Å². The van der Waals surface area contributed by atoms with Gasteiger partial charge in [-0.1, -0.05) is 30.3 Å².